The van der Waals surface area contributed by atoms with Crippen LogP contribution in [-0.2, 0) is 9.53 Å². The van der Waals surface area contributed by atoms with Crippen molar-refractivity contribution in [3.63, 3.8) is 0 Å². The minimum atomic E-state index is -0.585. The van der Waals surface area contributed by atoms with E-state index in [1.807, 2.05) is 67.6 Å². The third kappa shape index (κ3) is 4.92. The third-order valence-electron chi connectivity index (χ3n) is 3.48. The summed E-state index contributed by atoms with van der Waals surface area (Å²) in [6, 6.07) is 19.2. The van der Waals surface area contributed by atoms with Gasteiger partial charge >= 0.3 is 5.97 Å². The lowest BCUT2D eigenvalue weighted by Gasteiger charge is -2.15. The molecule has 0 aliphatic rings. The van der Waals surface area contributed by atoms with Crippen molar-refractivity contribution in [1.82, 2.24) is 0 Å². The molecule has 3 nitrogen and oxygen atoms in total. The number of hydrogen-bond acceptors (Lipinski definition) is 3. The Bertz CT molecular complexity index is 664. The van der Waals surface area contributed by atoms with Crippen molar-refractivity contribution in [3.8, 4) is 0 Å². The van der Waals surface area contributed by atoms with Gasteiger partial charge in [-0.05, 0) is 13.8 Å². The zero-order valence-electron chi connectivity index (χ0n) is 14.2. The summed E-state index contributed by atoms with van der Waals surface area (Å²) in [7, 11) is 0. The number of aliphatic imine (C=N–C) groups is 1. The molecule has 0 aromatic heterocycles. The molecule has 124 valence electrons. The highest BCUT2D eigenvalue weighted by atomic mass is 16.5. The van der Waals surface area contributed by atoms with Crippen LogP contribution in [0.15, 0.2) is 77.8 Å². The van der Waals surface area contributed by atoms with Crippen molar-refractivity contribution in [2.75, 3.05) is 6.61 Å². The second-order valence-corrected chi connectivity index (χ2v) is 5.64. The summed E-state index contributed by atoms with van der Waals surface area (Å²) >= 11 is 0. The van der Waals surface area contributed by atoms with Gasteiger partial charge in [-0.25, -0.2) is 4.79 Å². The van der Waals surface area contributed by atoms with Gasteiger partial charge in [-0.3, -0.25) is 4.99 Å². The van der Waals surface area contributed by atoms with E-state index in [0.717, 1.165) is 22.4 Å². The van der Waals surface area contributed by atoms with Crippen LogP contribution in [0.3, 0.4) is 0 Å². The molecule has 0 saturated carbocycles. The highest BCUT2D eigenvalue weighted by molar-refractivity contribution is 6.13. The van der Waals surface area contributed by atoms with Gasteiger partial charge in [0.05, 0.1) is 12.3 Å². The van der Waals surface area contributed by atoms with Crippen molar-refractivity contribution in [3.05, 3.63) is 83.9 Å². The average molecular weight is 321 g/mol. The van der Waals surface area contributed by atoms with Gasteiger partial charge in [0.25, 0.3) is 0 Å². The molecule has 0 spiro atoms. The van der Waals surface area contributed by atoms with E-state index in [2.05, 4.69) is 6.58 Å². The van der Waals surface area contributed by atoms with Gasteiger partial charge in [-0.1, -0.05) is 66.2 Å². The standard InChI is InChI=1S/C21H23NO2/c1-4-24-21(23)19(15-16(2)3)22-20(17-11-7-5-8-12-17)18-13-9-6-10-14-18/h5-14,19H,2,4,15H2,1,3H3/t19-/m1/s1. The second-order valence-electron chi connectivity index (χ2n) is 5.64. The first-order chi connectivity index (χ1) is 11.6. The van der Waals surface area contributed by atoms with E-state index in [-0.39, 0.29) is 5.97 Å². The van der Waals surface area contributed by atoms with Gasteiger partial charge in [0.15, 0.2) is 6.04 Å². The van der Waals surface area contributed by atoms with Crippen LogP contribution < -0.4 is 0 Å². The number of rotatable bonds is 7. The number of carbonyl (C=O) groups is 1. The number of nitrogens with zero attached hydrogens (tertiary/aromatic N) is 1. The highest BCUT2D eigenvalue weighted by Gasteiger charge is 2.20. The van der Waals surface area contributed by atoms with Crippen LogP contribution in [0.5, 0.6) is 0 Å². The molecule has 0 radical (unpaired) electrons. The quantitative estimate of drug-likeness (QED) is 0.430. The fraction of sp³-hybridized carbons (Fsp3) is 0.238. The summed E-state index contributed by atoms with van der Waals surface area (Å²) in [6.07, 6.45) is 0.474. The summed E-state index contributed by atoms with van der Waals surface area (Å²) < 4.78 is 5.19. The topological polar surface area (TPSA) is 38.7 Å². The first kappa shape index (κ1) is 17.7. The van der Waals surface area contributed by atoms with Gasteiger partial charge in [0.2, 0.25) is 0 Å². The number of ether oxygens (including phenoxy) is 1. The Morgan fingerprint density at radius 2 is 1.54 bits per heavy atom. The van der Waals surface area contributed by atoms with Crippen molar-refractivity contribution >= 4 is 11.7 Å². The molecule has 1 atom stereocenters. The van der Waals surface area contributed by atoms with Crippen molar-refractivity contribution in [1.29, 1.82) is 0 Å². The SMILES string of the molecule is C=C(C)C[C@@H](N=C(c1ccccc1)c1ccccc1)C(=O)OCC. The van der Waals surface area contributed by atoms with Gasteiger partial charge < -0.3 is 4.74 Å². The van der Waals surface area contributed by atoms with Crippen LogP contribution >= 0.6 is 0 Å². The molecule has 3 heteroatoms. The smallest absolute Gasteiger partial charge is 0.331 e. The fourth-order valence-electron chi connectivity index (χ4n) is 2.41. The third-order valence-corrected chi connectivity index (χ3v) is 3.48. The van der Waals surface area contributed by atoms with E-state index in [0.29, 0.717) is 13.0 Å². The number of hydrogen-bond donors (Lipinski definition) is 0. The highest BCUT2D eigenvalue weighted by Crippen LogP contribution is 2.16. The Morgan fingerprint density at radius 1 is 1.04 bits per heavy atom. The first-order valence-corrected chi connectivity index (χ1v) is 8.11. The normalized spacial score (nSPS) is 11.4. The Labute approximate surface area is 143 Å². The molecule has 2 aromatic carbocycles. The van der Waals surface area contributed by atoms with Crippen molar-refractivity contribution in [2.24, 2.45) is 4.99 Å². The molecule has 0 bridgehead atoms. The molecule has 0 unspecified atom stereocenters. The van der Waals surface area contributed by atoms with Gasteiger partial charge in [0, 0.05) is 17.5 Å². The maximum absolute atomic E-state index is 12.3. The molecule has 0 saturated heterocycles. The van der Waals surface area contributed by atoms with Crippen molar-refractivity contribution in [2.45, 2.75) is 26.3 Å². The van der Waals surface area contributed by atoms with E-state index in [1.54, 1.807) is 6.92 Å². The largest absolute Gasteiger partial charge is 0.464 e. The maximum atomic E-state index is 12.3. The predicted molar refractivity (Wildman–Crippen MR) is 98.4 cm³/mol. The minimum Gasteiger partial charge on any atom is -0.464 e. The lowest BCUT2D eigenvalue weighted by atomic mass is 10.0. The summed E-state index contributed by atoms with van der Waals surface area (Å²) in [5.74, 6) is -0.315. The molecule has 24 heavy (non-hydrogen) atoms. The number of carbonyl (C=O) groups excluding carboxylic acids is 1. The molecule has 2 aromatic rings. The Kier molecular flexibility index (Phi) is 6.50. The van der Waals surface area contributed by atoms with Gasteiger partial charge in [-0.2, -0.15) is 0 Å². The zero-order chi connectivity index (χ0) is 17.4. The minimum absolute atomic E-state index is 0.315. The molecule has 0 heterocycles. The number of esters is 1. The van der Waals surface area contributed by atoms with Crippen LogP contribution in [0, 0.1) is 0 Å². The molecular weight excluding hydrogens is 298 g/mol. The zero-order valence-corrected chi connectivity index (χ0v) is 14.2. The number of benzene rings is 2. The average Bonchev–Trinajstić information content (AvgIpc) is 2.60. The first-order valence-electron chi connectivity index (χ1n) is 8.11. The van der Waals surface area contributed by atoms with Crippen LogP contribution in [0.25, 0.3) is 0 Å². The molecule has 0 aliphatic carbocycles. The van der Waals surface area contributed by atoms with E-state index in [4.69, 9.17) is 9.73 Å². The Morgan fingerprint density at radius 3 is 1.96 bits per heavy atom. The molecule has 2 rings (SSSR count). The van der Waals surface area contributed by atoms with Crippen LogP contribution in [0.4, 0.5) is 0 Å². The summed E-state index contributed by atoms with van der Waals surface area (Å²) in [4.78, 5) is 17.1. The molecule has 0 aliphatic heterocycles. The summed E-state index contributed by atoms with van der Waals surface area (Å²) in [5.41, 5.74) is 3.63. The van der Waals surface area contributed by atoms with Gasteiger partial charge in [-0.15, -0.1) is 6.58 Å². The summed E-state index contributed by atoms with van der Waals surface area (Å²) in [5, 5.41) is 0. The maximum Gasteiger partial charge on any atom is 0.331 e. The van der Waals surface area contributed by atoms with Crippen LogP contribution in [-0.4, -0.2) is 24.3 Å². The predicted octanol–water partition coefficient (Wildman–Crippen LogP) is 4.42. The fourth-order valence-corrected chi connectivity index (χ4v) is 2.41. The van der Waals surface area contributed by atoms with Crippen molar-refractivity contribution < 1.29 is 9.53 Å². The van der Waals surface area contributed by atoms with Crippen LogP contribution in [0.1, 0.15) is 31.4 Å². The Hall–Kier alpha value is -2.68. The lowest BCUT2D eigenvalue weighted by Crippen LogP contribution is -2.24. The van der Waals surface area contributed by atoms with Crippen LogP contribution in [0.2, 0.25) is 0 Å². The van der Waals surface area contributed by atoms with E-state index in [1.165, 1.54) is 0 Å². The lowest BCUT2D eigenvalue weighted by molar-refractivity contribution is -0.144. The monoisotopic (exact) mass is 321 g/mol. The molecule has 0 fully saturated rings. The van der Waals surface area contributed by atoms with Gasteiger partial charge in [0.1, 0.15) is 0 Å². The van der Waals surface area contributed by atoms with E-state index in [9.17, 15) is 4.79 Å². The Balaban J connectivity index is 2.48. The van der Waals surface area contributed by atoms with E-state index >= 15 is 0 Å². The molecular formula is C21H23NO2. The second kappa shape index (κ2) is 8.82. The summed E-state index contributed by atoms with van der Waals surface area (Å²) in [6.45, 7) is 7.95. The molecule has 0 amide bonds. The van der Waals surface area contributed by atoms with E-state index < -0.39 is 6.04 Å². The molecule has 0 N–H and O–H groups in total.